The molecule has 9 aromatic carbocycles. The Morgan fingerprint density at radius 2 is 0.500 bits per heavy atom. The second kappa shape index (κ2) is 21.2. The number of benzene rings is 9. The standard InChI is InChI=1S/C66H38N2O12/c1-7-29-67-63(69)47-35-51(77-43-21-13-39(14-22-43)73-31-9-3)57-59-53(79-45-25-17-41(18-26-45)75-33-11-5)37-49-56-50(66(72)68(30-8-2)65(49)71)38-54(80-46-27-19-42(20-28-46)76-34-12-6)60(62(56)59)58-52(36-48(64(67)70)55(47)61(57)58)78-44-23-15-40(16-24-44)74-32-10-4/h1-6,13-28,35-38H,29-34H2. The molecular formula is C66H38N2O12. The van der Waals surface area contributed by atoms with Crippen LogP contribution >= 0.6 is 0 Å². The van der Waals surface area contributed by atoms with Crippen LogP contribution < -0.4 is 37.9 Å². The summed E-state index contributed by atoms with van der Waals surface area (Å²) in [5, 5.41) is 1.95. The van der Waals surface area contributed by atoms with Gasteiger partial charge in [-0.3, -0.25) is 29.0 Å². The van der Waals surface area contributed by atoms with Gasteiger partial charge in [0.05, 0.1) is 35.3 Å². The SMILES string of the molecule is C#CCOc1ccc(Oc2cc3c4c(cc(Oc5ccc(OCC#C)cc5)c5c6c(Oc7ccc(OCC#C)cc7)cc7c8c(cc(Oc9ccc(OCC#C)cc9)c(c2c45)c86)C(=O)N(CC#C)C7=O)C(=O)N(CC#C)C3=O)cc1. The Labute approximate surface area is 457 Å². The number of hydrogen-bond acceptors (Lipinski definition) is 12. The molecule has 4 amide bonds. The molecule has 0 bridgehead atoms. The van der Waals surface area contributed by atoms with Gasteiger partial charge >= 0.3 is 0 Å². The molecule has 2 aliphatic heterocycles. The van der Waals surface area contributed by atoms with Crippen LogP contribution in [0.3, 0.4) is 0 Å². The fraction of sp³-hybridized carbons (Fsp3) is 0.0909. The van der Waals surface area contributed by atoms with Gasteiger partial charge in [0.2, 0.25) is 0 Å². The lowest BCUT2D eigenvalue weighted by atomic mass is 9.80. The minimum absolute atomic E-state index is 0.00679. The highest BCUT2D eigenvalue weighted by Crippen LogP contribution is 2.58. The van der Waals surface area contributed by atoms with E-state index in [0.29, 0.717) is 23.0 Å². The lowest BCUT2D eigenvalue weighted by Gasteiger charge is -2.32. The predicted octanol–water partition coefficient (Wildman–Crippen LogP) is 11.4. The van der Waals surface area contributed by atoms with E-state index >= 15 is 0 Å². The first-order valence-electron chi connectivity index (χ1n) is 24.4. The average Bonchev–Trinajstić information content (AvgIpc) is 3.62. The summed E-state index contributed by atoms with van der Waals surface area (Å²) in [6.45, 7) is -0.734. The Bertz CT molecular complexity index is 3800. The third kappa shape index (κ3) is 8.90. The van der Waals surface area contributed by atoms with Crippen molar-refractivity contribution in [3.05, 3.63) is 144 Å². The summed E-state index contributed by atoms with van der Waals surface area (Å²) in [6, 6.07) is 32.5. The normalized spacial score (nSPS) is 12.3. The molecule has 0 fully saturated rings. The van der Waals surface area contributed by atoms with Gasteiger partial charge in [0.25, 0.3) is 23.6 Å². The van der Waals surface area contributed by atoms with Crippen LogP contribution in [0.1, 0.15) is 41.4 Å². The molecule has 2 heterocycles. The lowest BCUT2D eigenvalue weighted by Crippen LogP contribution is -2.40. The van der Waals surface area contributed by atoms with Crippen molar-refractivity contribution >= 4 is 66.7 Å². The number of carbonyl (C=O) groups is 4. The van der Waals surface area contributed by atoms with Crippen molar-refractivity contribution in [1.82, 2.24) is 9.80 Å². The number of fused-ring (bicyclic) bond motifs is 2. The third-order valence-electron chi connectivity index (χ3n) is 13.1. The van der Waals surface area contributed by atoms with Gasteiger partial charge in [-0.15, -0.1) is 38.5 Å². The zero-order valence-electron chi connectivity index (χ0n) is 42.0. The van der Waals surface area contributed by atoms with Gasteiger partial charge < -0.3 is 37.9 Å². The zero-order chi connectivity index (χ0) is 55.6. The summed E-state index contributed by atoms with van der Waals surface area (Å²) in [5.41, 5.74) is 0.166. The maximum atomic E-state index is 15.0. The van der Waals surface area contributed by atoms with Crippen molar-refractivity contribution in [2.24, 2.45) is 0 Å². The lowest BCUT2D eigenvalue weighted by molar-refractivity contribution is 0.0616. The fourth-order valence-corrected chi connectivity index (χ4v) is 9.82. The van der Waals surface area contributed by atoms with Gasteiger partial charge in [0, 0.05) is 43.1 Å². The van der Waals surface area contributed by atoms with Crippen LogP contribution in [0, 0.1) is 74.1 Å². The van der Waals surface area contributed by atoms with Gasteiger partial charge in [-0.2, -0.15) is 0 Å². The second-order valence-electron chi connectivity index (χ2n) is 17.8. The van der Waals surface area contributed by atoms with Crippen molar-refractivity contribution in [2.75, 3.05) is 39.5 Å². The van der Waals surface area contributed by atoms with Crippen molar-refractivity contribution in [2.45, 2.75) is 0 Å². The van der Waals surface area contributed by atoms with Crippen LogP contribution in [0.2, 0.25) is 0 Å². The number of imide groups is 2. The molecule has 0 radical (unpaired) electrons. The second-order valence-corrected chi connectivity index (χ2v) is 17.8. The molecular weight excluding hydrogens is 1010 g/mol. The molecule has 384 valence electrons. The van der Waals surface area contributed by atoms with E-state index in [1.54, 1.807) is 97.1 Å². The van der Waals surface area contributed by atoms with Gasteiger partial charge in [-0.25, -0.2) is 0 Å². The monoisotopic (exact) mass is 1050 g/mol. The summed E-state index contributed by atoms with van der Waals surface area (Å²) >= 11 is 0. The number of rotatable bonds is 18. The first-order valence-corrected chi connectivity index (χ1v) is 24.4. The molecule has 0 N–H and O–H groups in total. The van der Waals surface area contributed by atoms with E-state index in [-0.39, 0.29) is 151 Å². The third-order valence-corrected chi connectivity index (χ3v) is 13.1. The van der Waals surface area contributed by atoms with Crippen LogP contribution in [0.25, 0.3) is 43.1 Å². The molecule has 0 aromatic heterocycles. The predicted molar refractivity (Wildman–Crippen MR) is 299 cm³/mol. The van der Waals surface area contributed by atoms with Gasteiger partial charge in [0.1, 0.15) is 95.4 Å². The molecule has 14 nitrogen and oxygen atoms in total. The zero-order valence-corrected chi connectivity index (χ0v) is 42.0. The highest BCUT2D eigenvalue weighted by atomic mass is 16.5. The first-order chi connectivity index (χ1) is 39.1. The number of carbonyl (C=O) groups excluding carboxylic acids is 4. The minimum Gasteiger partial charge on any atom is -0.481 e. The summed E-state index contributed by atoms with van der Waals surface area (Å²) in [5.74, 6) is 15.0. The van der Waals surface area contributed by atoms with E-state index in [2.05, 4.69) is 35.5 Å². The quantitative estimate of drug-likeness (QED) is 0.0348. The molecule has 11 rings (SSSR count). The highest BCUT2D eigenvalue weighted by Gasteiger charge is 2.41. The maximum absolute atomic E-state index is 15.0. The van der Waals surface area contributed by atoms with E-state index in [1.165, 1.54) is 24.3 Å². The van der Waals surface area contributed by atoms with Crippen LogP contribution in [0.5, 0.6) is 69.0 Å². The summed E-state index contributed by atoms with van der Waals surface area (Å²) < 4.78 is 50.4. The molecule has 9 aromatic rings. The van der Waals surface area contributed by atoms with Crippen LogP contribution in [-0.4, -0.2) is 72.9 Å². The molecule has 0 atom stereocenters. The first kappa shape index (κ1) is 50.5. The maximum Gasteiger partial charge on any atom is 0.262 e. The summed E-state index contributed by atoms with van der Waals surface area (Å²) in [4.78, 5) is 61.8. The van der Waals surface area contributed by atoms with Crippen LogP contribution in [-0.2, 0) is 0 Å². The fourth-order valence-electron chi connectivity index (χ4n) is 9.82. The Kier molecular flexibility index (Phi) is 13.3. The molecule has 0 saturated heterocycles. The smallest absolute Gasteiger partial charge is 0.262 e. The van der Waals surface area contributed by atoms with E-state index in [4.69, 9.17) is 76.4 Å². The summed E-state index contributed by atoms with van der Waals surface area (Å²) in [6.07, 6.45) is 33.6. The van der Waals surface area contributed by atoms with Crippen molar-refractivity contribution in [3.8, 4) is 143 Å². The number of amides is 4. The molecule has 80 heavy (non-hydrogen) atoms. The summed E-state index contributed by atoms with van der Waals surface area (Å²) in [7, 11) is 0. The Morgan fingerprint density at radius 1 is 0.287 bits per heavy atom. The molecule has 14 heteroatoms. The number of ether oxygens (including phenoxy) is 8. The molecule has 0 aliphatic carbocycles. The topological polar surface area (TPSA) is 149 Å². The van der Waals surface area contributed by atoms with E-state index in [9.17, 15) is 19.2 Å². The van der Waals surface area contributed by atoms with E-state index in [0.717, 1.165) is 9.80 Å². The van der Waals surface area contributed by atoms with Crippen LogP contribution in [0.4, 0.5) is 0 Å². The van der Waals surface area contributed by atoms with Gasteiger partial charge in [0.15, 0.2) is 0 Å². The Hall–Kier alpha value is -11.7. The van der Waals surface area contributed by atoms with Crippen molar-refractivity contribution in [3.63, 3.8) is 0 Å². The van der Waals surface area contributed by atoms with Gasteiger partial charge in [-0.1, -0.05) is 35.5 Å². The molecule has 2 aliphatic rings. The van der Waals surface area contributed by atoms with Gasteiger partial charge in [-0.05, 0) is 121 Å². The number of terminal acetylenes is 6. The number of nitrogens with zero attached hydrogens (tertiary/aromatic N) is 2. The van der Waals surface area contributed by atoms with Crippen LogP contribution in [0.15, 0.2) is 121 Å². The molecule has 0 spiro atoms. The minimum atomic E-state index is -0.717. The molecule has 0 saturated carbocycles. The molecule has 0 unspecified atom stereocenters. The van der Waals surface area contributed by atoms with Crippen molar-refractivity contribution < 1.29 is 57.1 Å². The number of hydrogen-bond donors (Lipinski definition) is 0. The Balaban J connectivity index is 1.33. The Morgan fingerprint density at radius 3 is 0.700 bits per heavy atom. The van der Waals surface area contributed by atoms with Crippen molar-refractivity contribution in [1.29, 1.82) is 0 Å². The van der Waals surface area contributed by atoms with E-state index in [1.807, 2.05) is 0 Å². The van der Waals surface area contributed by atoms with E-state index < -0.39 is 23.6 Å². The average molecular weight is 1050 g/mol. The largest absolute Gasteiger partial charge is 0.481 e. The highest BCUT2D eigenvalue weighted by molar-refractivity contribution is 6.44.